The zero-order valence-corrected chi connectivity index (χ0v) is 8.62. The number of carbonyl (C=O) groups excluding carboxylic acids is 1. The molecule has 1 aliphatic rings. The van der Waals surface area contributed by atoms with Crippen LogP contribution >= 0.6 is 0 Å². The van der Waals surface area contributed by atoms with Crippen LogP contribution in [0.1, 0.15) is 34.9 Å². The Bertz CT molecular complexity index is 344. The van der Waals surface area contributed by atoms with E-state index in [0.717, 1.165) is 31.6 Å². The van der Waals surface area contributed by atoms with Gasteiger partial charge in [0, 0.05) is 5.92 Å². The van der Waals surface area contributed by atoms with Crippen molar-refractivity contribution in [1.82, 2.24) is 20.7 Å². The van der Waals surface area contributed by atoms with Gasteiger partial charge in [-0.05, 0) is 25.9 Å². The third-order valence-corrected chi connectivity index (χ3v) is 2.68. The van der Waals surface area contributed by atoms with Gasteiger partial charge < -0.3 is 10.1 Å². The first-order valence-electron chi connectivity index (χ1n) is 5.02. The molecule has 0 spiro atoms. The predicted octanol–water partition coefficient (Wildman–Crippen LogP) is 0.0583. The van der Waals surface area contributed by atoms with Gasteiger partial charge in [-0.25, -0.2) is 4.79 Å². The van der Waals surface area contributed by atoms with Crippen LogP contribution in [0.15, 0.2) is 0 Å². The normalized spacial score (nSPS) is 17.7. The number of methoxy groups -OCH3 is 1. The number of hydrogen-bond donors (Lipinski definition) is 2. The van der Waals surface area contributed by atoms with Gasteiger partial charge in [-0.1, -0.05) is 0 Å². The second-order valence-corrected chi connectivity index (χ2v) is 3.57. The Morgan fingerprint density at radius 1 is 1.40 bits per heavy atom. The smallest absolute Gasteiger partial charge is 0.360 e. The highest BCUT2D eigenvalue weighted by Crippen LogP contribution is 2.25. The van der Waals surface area contributed by atoms with E-state index in [1.165, 1.54) is 7.11 Å². The van der Waals surface area contributed by atoms with E-state index in [0.29, 0.717) is 11.6 Å². The molecule has 2 rings (SSSR count). The van der Waals surface area contributed by atoms with Gasteiger partial charge in [0.1, 0.15) is 5.69 Å². The van der Waals surface area contributed by atoms with E-state index >= 15 is 0 Å². The lowest BCUT2D eigenvalue weighted by atomic mass is 9.93. The zero-order valence-electron chi connectivity index (χ0n) is 8.62. The van der Waals surface area contributed by atoms with Crippen LogP contribution in [0, 0.1) is 0 Å². The van der Waals surface area contributed by atoms with Crippen LogP contribution in [-0.4, -0.2) is 41.6 Å². The lowest BCUT2D eigenvalue weighted by Crippen LogP contribution is -2.27. The predicted molar refractivity (Wildman–Crippen MR) is 52.6 cm³/mol. The molecular weight excluding hydrogens is 196 g/mol. The quantitative estimate of drug-likeness (QED) is 0.675. The fourth-order valence-corrected chi connectivity index (χ4v) is 1.87. The highest BCUT2D eigenvalue weighted by Gasteiger charge is 2.25. The van der Waals surface area contributed by atoms with Crippen LogP contribution in [0.3, 0.4) is 0 Å². The highest BCUT2D eigenvalue weighted by atomic mass is 16.5. The Labute approximate surface area is 87.4 Å². The number of H-pyrrole nitrogens is 1. The Morgan fingerprint density at radius 3 is 2.80 bits per heavy atom. The van der Waals surface area contributed by atoms with E-state index in [-0.39, 0.29) is 0 Å². The third kappa shape index (κ3) is 1.99. The minimum Gasteiger partial charge on any atom is -0.464 e. The van der Waals surface area contributed by atoms with Crippen molar-refractivity contribution < 1.29 is 9.53 Å². The number of aromatic amines is 1. The fraction of sp³-hybridized carbons (Fsp3) is 0.667. The van der Waals surface area contributed by atoms with Crippen LogP contribution in [0.5, 0.6) is 0 Å². The third-order valence-electron chi connectivity index (χ3n) is 2.68. The molecule has 0 atom stereocenters. The summed E-state index contributed by atoms with van der Waals surface area (Å²) in [6.07, 6.45) is 1.97. The summed E-state index contributed by atoms with van der Waals surface area (Å²) in [4.78, 5) is 11.4. The second kappa shape index (κ2) is 4.39. The first kappa shape index (κ1) is 10.1. The molecule has 1 aromatic heterocycles. The maximum Gasteiger partial charge on any atom is 0.360 e. The first-order valence-corrected chi connectivity index (χ1v) is 5.02. The van der Waals surface area contributed by atoms with Crippen molar-refractivity contribution in [3.05, 3.63) is 11.4 Å². The van der Waals surface area contributed by atoms with Gasteiger partial charge in [0.15, 0.2) is 5.69 Å². The van der Waals surface area contributed by atoms with Crippen molar-refractivity contribution in [1.29, 1.82) is 0 Å². The number of nitrogens with one attached hydrogen (secondary N) is 2. The average Bonchev–Trinajstić information content (AvgIpc) is 2.78. The Morgan fingerprint density at radius 2 is 2.13 bits per heavy atom. The molecule has 0 aromatic carbocycles. The van der Waals surface area contributed by atoms with E-state index < -0.39 is 5.97 Å². The largest absolute Gasteiger partial charge is 0.464 e. The summed E-state index contributed by atoms with van der Waals surface area (Å²) >= 11 is 0. The van der Waals surface area contributed by atoms with Crippen LogP contribution in [0.2, 0.25) is 0 Å². The van der Waals surface area contributed by atoms with Crippen molar-refractivity contribution in [3.63, 3.8) is 0 Å². The number of nitrogens with zero attached hydrogens (tertiary/aromatic N) is 2. The van der Waals surface area contributed by atoms with Crippen molar-refractivity contribution in [2.45, 2.75) is 18.8 Å². The maximum absolute atomic E-state index is 11.4. The molecule has 2 N–H and O–H groups in total. The van der Waals surface area contributed by atoms with Gasteiger partial charge >= 0.3 is 5.97 Å². The van der Waals surface area contributed by atoms with Crippen molar-refractivity contribution in [2.75, 3.05) is 20.2 Å². The van der Waals surface area contributed by atoms with Gasteiger partial charge in [-0.2, -0.15) is 10.3 Å². The van der Waals surface area contributed by atoms with E-state index in [1.807, 2.05) is 0 Å². The summed E-state index contributed by atoms with van der Waals surface area (Å²) in [5, 5.41) is 13.6. The molecule has 0 bridgehead atoms. The van der Waals surface area contributed by atoms with Crippen LogP contribution in [0.4, 0.5) is 0 Å². The summed E-state index contributed by atoms with van der Waals surface area (Å²) < 4.78 is 4.65. The molecule has 1 fully saturated rings. The van der Waals surface area contributed by atoms with E-state index in [4.69, 9.17) is 0 Å². The van der Waals surface area contributed by atoms with E-state index in [2.05, 4.69) is 25.5 Å². The molecule has 15 heavy (non-hydrogen) atoms. The SMILES string of the molecule is COC(=O)c1n[nH]nc1C1CCNCC1. The standard InChI is InChI=1S/C9H14N4O2/c1-15-9(14)8-7(11-13-12-8)6-2-4-10-5-3-6/h6,10H,2-5H2,1H3,(H,11,12,13). The van der Waals surface area contributed by atoms with Gasteiger partial charge in [0.25, 0.3) is 0 Å². The summed E-state index contributed by atoms with van der Waals surface area (Å²) in [7, 11) is 1.35. The van der Waals surface area contributed by atoms with Crippen molar-refractivity contribution >= 4 is 5.97 Å². The van der Waals surface area contributed by atoms with Gasteiger partial charge in [-0.15, -0.1) is 5.10 Å². The summed E-state index contributed by atoms with van der Waals surface area (Å²) in [5.41, 5.74) is 1.06. The molecule has 6 heteroatoms. The average molecular weight is 210 g/mol. The number of esters is 1. The molecule has 0 radical (unpaired) electrons. The van der Waals surface area contributed by atoms with Gasteiger partial charge in [0.2, 0.25) is 0 Å². The highest BCUT2D eigenvalue weighted by molar-refractivity contribution is 5.88. The molecule has 2 heterocycles. The molecule has 6 nitrogen and oxygen atoms in total. The Hall–Kier alpha value is -1.43. The topological polar surface area (TPSA) is 79.9 Å². The minimum absolute atomic E-state index is 0.305. The zero-order chi connectivity index (χ0) is 10.7. The fourth-order valence-electron chi connectivity index (χ4n) is 1.87. The van der Waals surface area contributed by atoms with Gasteiger partial charge in [-0.3, -0.25) is 0 Å². The lowest BCUT2D eigenvalue weighted by molar-refractivity contribution is 0.0591. The second-order valence-electron chi connectivity index (χ2n) is 3.57. The molecule has 1 aliphatic heterocycles. The summed E-state index contributed by atoms with van der Waals surface area (Å²) in [6.45, 7) is 1.91. The van der Waals surface area contributed by atoms with E-state index in [1.54, 1.807) is 0 Å². The number of carbonyl (C=O) groups is 1. The summed E-state index contributed by atoms with van der Waals surface area (Å²) in [6, 6.07) is 0. The molecule has 0 amide bonds. The number of rotatable bonds is 2. The molecular formula is C9H14N4O2. The molecule has 0 unspecified atom stereocenters. The molecule has 0 saturated carbocycles. The number of hydrogen-bond acceptors (Lipinski definition) is 5. The lowest BCUT2D eigenvalue weighted by Gasteiger charge is -2.20. The maximum atomic E-state index is 11.4. The first-order chi connectivity index (χ1) is 7.33. The van der Waals surface area contributed by atoms with E-state index in [9.17, 15) is 4.79 Å². The van der Waals surface area contributed by atoms with Crippen LogP contribution < -0.4 is 5.32 Å². The Kier molecular flexibility index (Phi) is 2.96. The number of aromatic nitrogens is 3. The Balaban J connectivity index is 2.19. The molecule has 1 saturated heterocycles. The molecule has 82 valence electrons. The minimum atomic E-state index is -0.419. The molecule has 0 aliphatic carbocycles. The summed E-state index contributed by atoms with van der Waals surface area (Å²) in [5.74, 6) is -0.114. The number of ether oxygens (including phenoxy) is 1. The van der Waals surface area contributed by atoms with Crippen molar-refractivity contribution in [2.24, 2.45) is 0 Å². The van der Waals surface area contributed by atoms with Crippen LogP contribution in [0.25, 0.3) is 0 Å². The van der Waals surface area contributed by atoms with Crippen molar-refractivity contribution in [3.8, 4) is 0 Å². The number of piperidine rings is 1. The van der Waals surface area contributed by atoms with Gasteiger partial charge in [0.05, 0.1) is 7.11 Å². The monoisotopic (exact) mass is 210 g/mol. The van der Waals surface area contributed by atoms with Crippen LogP contribution in [-0.2, 0) is 4.74 Å². The molecule has 1 aromatic rings.